The van der Waals surface area contributed by atoms with E-state index >= 15 is 0 Å². The molecule has 9 heteroatoms. The number of nitrogens with one attached hydrogen (secondary N) is 1. The molecule has 0 saturated carbocycles. The minimum atomic E-state index is -0.275. The number of hydrogen-bond acceptors (Lipinski definition) is 7. The summed E-state index contributed by atoms with van der Waals surface area (Å²) >= 11 is 0. The van der Waals surface area contributed by atoms with Gasteiger partial charge in [0.2, 0.25) is 6.79 Å². The normalized spacial score (nSPS) is 13.1. The molecule has 1 N–H and O–H groups in total. The molecular weight excluding hydrogens is 424 g/mol. The lowest BCUT2D eigenvalue weighted by Gasteiger charge is -2.16. The average molecular weight is 446 g/mol. The van der Waals surface area contributed by atoms with Crippen LogP contribution >= 0.6 is 0 Å². The van der Waals surface area contributed by atoms with Crippen molar-refractivity contribution in [1.29, 1.82) is 0 Å². The molecule has 5 rings (SSSR count). The van der Waals surface area contributed by atoms with Crippen LogP contribution in [0.2, 0.25) is 0 Å². The number of carbonyl (C=O) groups is 1. The van der Waals surface area contributed by atoms with Gasteiger partial charge < -0.3 is 24.3 Å². The summed E-state index contributed by atoms with van der Waals surface area (Å²) in [4.78, 5) is 17.5. The Balaban J connectivity index is 1.42. The first-order chi connectivity index (χ1) is 16.1. The number of benzene rings is 2. The topological polar surface area (TPSA) is 96.2 Å². The molecule has 168 valence electrons. The van der Waals surface area contributed by atoms with Gasteiger partial charge in [-0.2, -0.15) is 5.10 Å². The van der Waals surface area contributed by atoms with Crippen LogP contribution in [0.15, 0.2) is 54.9 Å². The third-order valence-electron chi connectivity index (χ3n) is 5.57. The molecule has 1 unspecified atom stereocenters. The van der Waals surface area contributed by atoms with Crippen LogP contribution in [0.5, 0.6) is 23.0 Å². The Morgan fingerprint density at radius 1 is 1.06 bits per heavy atom. The van der Waals surface area contributed by atoms with Crippen LogP contribution in [0, 0.1) is 0 Å². The van der Waals surface area contributed by atoms with Crippen molar-refractivity contribution in [2.75, 3.05) is 21.0 Å². The van der Waals surface area contributed by atoms with Crippen LogP contribution in [0.3, 0.4) is 0 Å². The highest BCUT2D eigenvalue weighted by Gasteiger charge is 2.20. The molecule has 0 aliphatic carbocycles. The van der Waals surface area contributed by atoms with Crippen molar-refractivity contribution >= 4 is 11.6 Å². The van der Waals surface area contributed by atoms with Crippen molar-refractivity contribution in [1.82, 2.24) is 19.9 Å². The molecule has 0 radical (unpaired) electrons. The van der Waals surface area contributed by atoms with E-state index < -0.39 is 0 Å². The summed E-state index contributed by atoms with van der Waals surface area (Å²) in [5, 5.41) is 7.43. The molecule has 3 heterocycles. The fourth-order valence-electron chi connectivity index (χ4n) is 3.81. The van der Waals surface area contributed by atoms with Crippen LogP contribution in [-0.2, 0) is 0 Å². The molecule has 9 nitrogen and oxygen atoms in total. The third-order valence-corrected chi connectivity index (χ3v) is 5.57. The van der Waals surface area contributed by atoms with Gasteiger partial charge in [-0.1, -0.05) is 6.07 Å². The first-order valence-corrected chi connectivity index (χ1v) is 10.3. The molecule has 1 atom stereocenters. The highest BCUT2D eigenvalue weighted by Crippen LogP contribution is 2.36. The maximum Gasteiger partial charge on any atom is 0.257 e. The van der Waals surface area contributed by atoms with Gasteiger partial charge in [0.05, 0.1) is 32.2 Å². The van der Waals surface area contributed by atoms with Gasteiger partial charge in [-0.05, 0) is 48.9 Å². The van der Waals surface area contributed by atoms with E-state index in [0.717, 1.165) is 16.8 Å². The van der Waals surface area contributed by atoms with Crippen LogP contribution in [0.4, 0.5) is 0 Å². The van der Waals surface area contributed by atoms with Gasteiger partial charge in [0, 0.05) is 11.8 Å². The third kappa shape index (κ3) is 3.67. The van der Waals surface area contributed by atoms with Crippen molar-refractivity contribution in [3.8, 4) is 34.3 Å². The number of fused-ring (bicyclic) bond motifs is 2. The zero-order chi connectivity index (χ0) is 22.9. The molecule has 1 aliphatic heterocycles. The molecule has 1 amide bonds. The number of methoxy groups -OCH3 is 2. The predicted molar refractivity (Wildman–Crippen MR) is 120 cm³/mol. The lowest BCUT2D eigenvalue weighted by molar-refractivity contribution is 0.0941. The molecule has 0 saturated heterocycles. The van der Waals surface area contributed by atoms with Crippen molar-refractivity contribution in [2.45, 2.75) is 13.0 Å². The number of nitrogens with zero attached hydrogens (tertiary/aromatic N) is 3. The highest BCUT2D eigenvalue weighted by atomic mass is 16.7. The highest BCUT2D eigenvalue weighted by molar-refractivity contribution is 6.00. The van der Waals surface area contributed by atoms with E-state index in [1.807, 2.05) is 49.4 Å². The Bertz CT molecular complexity index is 1350. The number of rotatable bonds is 6. The van der Waals surface area contributed by atoms with Gasteiger partial charge in [0.25, 0.3) is 5.91 Å². The fraction of sp³-hybridized carbons (Fsp3) is 0.208. The molecule has 0 spiro atoms. The SMILES string of the molecule is COc1ccc(C(C)NC(=O)c2cnn3c(-c4ccc5c(c4)OCO5)ccnc23)cc1OC. The molecule has 2 aromatic carbocycles. The summed E-state index contributed by atoms with van der Waals surface area (Å²) in [5.74, 6) is 2.33. The van der Waals surface area contributed by atoms with Gasteiger partial charge in [-0.3, -0.25) is 4.79 Å². The Labute approximate surface area is 189 Å². The smallest absolute Gasteiger partial charge is 0.257 e. The van der Waals surface area contributed by atoms with E-state index in [4.69, 9.17) is 18.9 Å². The number of amides is 1. The summed E-state index contributed by atoms with van der Waals surface area (Å²) < 4.78 is 23.2. The largest absolute Gasteiger partial charge is 0.493 e. The molecule has 0 bridgehead atoms. The van der Waals surface area contributed by atoms with E-state index in [0.29, 0.717) is 34.2 Å². The van der Waals surface area contributed by atoms with Crippen LogP contribution < -0.4 is 24.3 Å². The van der Waals surface area contributed by atoms with E-state index in [1.54, 1.807) is 24.9 Å². The number of aromatic nitrogens is 3. The monoisotopic (exact) mass is 446 g/mol. The van der Waals surface area contributed by atoms with Gasteiger partial charge in [-0.25, -0.2) is 9.50 Å². The lowest BCUT2D eigenvalue weighted by Crippen LogP contribution is -2.26. The first-order valence-electron chi connectivity index (χ1n) is 10.3. The van der Waals surface area contributed by atoms with Crippen LogP contribution in [0.1, 0.15) is 28.9 Å². The molecule has 2 aromatic heterocycles. The zero-order valence-corrected chi connectivity index (χ0v) is 18.4. The Kier molecular flexibility index (Phi) is 5.21. The quantitative estimate of drug-likeness (QED) is 0.483. The summed E-state index contributed by atoms with van der Waals surface area (Å²) in [7, 11) is 3.16. The van der Waals surface area contributed by atoms with Gasteiger partial charge in [0.15, 0.2) is 28.6 Å². The summed E-state index contributed by atoms with van der Waals surface area (Å²) in [6, 6.07) is 12.8. The van der Waals surface area contributed by atoms with E-state index in [1.165, 1.54) is 6.20 Å². The second-order valence-electron chi connectivity index (χ2n) is 7.50. The number of ether oxygens (including phenoxy) is 4. The number of carbonyl (C=O) groups excluding carboxylic acids is 1. The molecule has 4 aromatic rings. The van der Waals surface area contributed by atoms with Crippen molar-refractivity contribution < 1.29 is 23.7 Å². The fourth-order valence-corrected chi connectivity index (χ4v) is 3.81. The Hall–Kier alpha value is -4.27. The maximum absolute atomic E-state index is 13.1. The van der Waals surface area contributed by atoms with Crippen LogP contribution in [0.25, 0.3) is 16.9 Å². The lowest BCUT2D eigenvalue weighted by atomic mass is 10.1. The van der Waals surface area contributed by atoms with Crippen molar-refractivity contribution in [3.05, 3.63) is 66.0 Å². The average Bonchev–Trinajstić information content (AvgIpc) is 3.49. The standard InChI is InChI=1S/C24H22N4O5/c1-14(15-4-6-19(30-2)21(10-15)31-3)27-24(29)17-12-26-28-18(8-9-25-23(17)28)16-5-7-20-22(11-16)33-13-32-20/h4-12,14H,13H2,1-3H3,(H,27,29). The van der Waals surface area contributed by atoms with Crippen molar-refractivity contribution in [2.24, 2.45) is 0 Å². The second-order valence-corrected chi connectivity index (χ2v) is 7.50. The Morgan fingerprint density at radius 2 is 1.88 bits per heavy atom. The summed E-state index contributed by atoms with van der Waals surface area (Å²) in [6.07, 6.45) is 3.18. The summed E-state index contributed by atoms with van der Waals surface area (Å²) in [5.41, 5.74) is 3.38. The van der Waals surface area contributed by atoms with E-state index in [2.05, 4.69) is 15.4 Å². The summed E-state index contributed by atoms with van der Waals surface area (Å²) in [6.45, 7) is 2.10. The zero-order valence-electron chi connectivity index (χ0n) is 18.4. The maximum atomic E-state index is 13.1. The molecule has 33 heavy (non-hydrogen) atoms. The second kappa shape index (κ2) is 8.34. The predicted octanol–water partition coefficient (Wildman–Crippen LogP) is 3.63. The molecular formula is C24H22N4O5. The van der Waals surface area contributed by atoms with Crippen molar-refractivity contribution in [3.63, 3.8) is 0 Å². The van der Waals surface area contributed by atoms with E-state index in [-0.39, 0.29) is 18.7 Å². The van der Waals surface area contributed by atoms with E-state index in [9.17, 15) is 4.79 Å². The van der Waals surface area contributed by atoms with Gasteiger partial charge in [-0.15, -0.1) is 0 Å². The van der Waals surface area contributed by atoms with Gasteiger partial charge >= 0.3 is 0 Å². The molecule has 1 aliphatic rings. The number of hydrogen-bond donors (Lipinski definition) is 1. The minimum absolute atomic E-state index is 0.203. The minimum Gasteiger partial charge on any atom is -0.493 e. The van der Waals surface area contributed by atoms with Crippen LogP contribution in [-0.4, -0.2) is 41.5 Å². The molecule has 0 fully saturated rings. The van der Waals surface area contributed by atoms with Gasteiger partial charge in [0.1, 0.15) is 5.56 Å². The first kappa shape index (κ1) is 20.6. The Morgan fingerprint density at radius 3 is 2.70 bits per heavy atom.